The second-order valence-corrected chi connectivity index (χ2v) is 9.23. The van der Waals surface area contributed by atoms with Gasteiger partial charge in [0.05, 0.1) is 0 Å². The van der Waals surface area contributed by atoms with Crippen LogP contribution in [-0.2, 0) is 19.2 Å². The van der Waals surface area contributed by atoms with E-state index in [1.54, 1.807) is 0 Å². The summed E-state index contributed by atoms with van der Waals surface area (Å²) < 4.78 is 0. The fourth-order valence-corrected chi connectivity index (χ4v) is 4.94. The second kappa shape index (κ2) is 7.37. The predicted molar refractivity (Wildman–Crippen MR) is 99.8 cm³/mol. The lowest BCUT2D eigenvalue weighted by Gasteiger charge is -2.26. The van der Waals surface area contributed by atoms with E-state index < -0.39 is 0 Å². The average Bonchev–Trinajstić information content (AvgIpc) is 3.50. The molecular formula is C20H30N4O4. The maximum Gasteiger partial charge on any atom is 0.242 e. The minimum atomic E-state index is -0.245. The van der Waals surface area contributed by atoms with E-state index in [1.807, 2.05) is 0 Å². The molecule has 154 valence electrons. The molecule has 0 aliphatic heterocycles. The zero-order valence-electron chi connectivity index (χ0n) is 16.3. The molecule has 0 aromatic heterocycles. The summed E-state index contributed by atoms with van der Waals surface area (Å²) in [4.78, 5) is 47.5. The molecule has 4 saturated carbocycles. The summed E-state index contributed by atoms with van der Waals surface area (Å²) in [6.07, 6.45) is 10.4. The van der Waals surface area contributed by atoms with Crippen LogP contribution in [0.4, 0.5) is 0 Å². The number of carbonyl (C=O) groups is 4. The molecule has 2 spiro atoms. The number of rotatable bonds is 7. The normalized spacial score (nSPS) is 27.1. The van der Waals surface area contributed by atoms with E-state index in [-0.39, 0.29) is 59.1 Å². The van der Waals surface area contributed by atoms with Crippen LogP contribution in [0.3, 0.4) is 0 Å². The van der Waals surface area contributed by atoms with Crippen molar-refractivity contribution in [1.82, 2.24) is 21.7 Å². The first-order chi connectivity index (χ1) is 13.4. The lowest BCUT2D eigenvalue weighted by molar-refractivity contribution is -0.130. The van der Waals surface area contributed by atoms with E-state index in [4.69, 9.17) is 0 Å². The molecule has 4 rings (SSSR count). The molecule has 0 unspecified atom stereocenters. The van der Waals surface area contributed by atoms with E-state index in [0.717, 1.165) is 38.5 Å². The molecule has 8 heteroatoms. The van der Waals surface area contributed by atoms with E-state index in [2.05, 4.69) is 21.7 Å². The first-order valence-electron chi connectivity index (χ1n) is 10.6. The number of carbonyl (C=O) groups excluding carboxylic acids is 4. The van der Waals surface area contributed by atoms with Gasteiger partial charge in [-0.15, -0.1) is 0 Å². The quantitative estimate of drug-likeness (QED) is 0.386. The molecule has 4 fully saturated rings. The van der Waals surface area contributed by atoms with Crippen molar-refractivity contribution < 1.29 is 19.2 Å². The summed E-state index contributed by atoms with van der Waals surface area (Å²) >= 11 is 0. The summed E-state index contributed by atoms with van der Waals surface area (Å²) in [7, 11) is 0. The minimum absolute atomic E-state index is 0.0651. The number of hydrogen-bond acceptors (Lipinski definition) is 4. The SMILES string of the molecule is O=C(CCCCC(=O)NNC(=O)[C@@H]1CC12CCC2)NNC(=O)[C@H]1CC12CCC2. The minimum Gasteiger partial charge on any atom is -0.273 e. The summed E-state index contributed by atoms with van der Waals surface area (Å²) in [5, 5.41) is 0. The molecule has 0 saturated heterocycles. The van der Waals surface area contributed by atoms with Gasteiger partial charge in [-0.2, -0.15) is 0 Å². The average molecular weight is 390 g/mol. The van der Waals surface area contributed by atoms with Crippen molar-refractivity contribution in [2.45, 2.75) is 77.0 Å². The van der Waals surface area contributed by atoms with Crippen molar-refractivity contribution in [2.24, 2.45) is 22.7 Å². The highest BCUT2D eigenvalue weighted by Crippen LogP contribution is 2.66. The Morgan fingerprint density at radius 3 is 1.32 bits per heavy atom. The zero-order chi connectivity index (χ0) is 19.8. The largest absolute Gasteiger partial charge is 0.273 e. The molecule has 4 aliphatic carbocycles. The Hall–Kier alpha value is -2.12. The molecule has 0 aromatic carbocycles. The van der Waals surface area contributed by atoms with E-state index in [1.165, 1.54) is 12.8 Å². The number of unbranched alkanes of at least 4 members (excludes halogenated alkanes) is 1. The lowest BCUT2D eigenvalue weighted by atomic mass is 9.80. The third-order valence-electron chi connectivity index (χ3n) is 7.42. The molecule has 4 aliphatic rings. The molecule has 0 bridgehead atoms. The predicted octanol–water partition coefficient (Wildman–Crippen LogP) is 1.22. The van der Waals surface area contributed by atoms with Gasteiger partial charge in [0, 0.05) is 24.7 Å². The molecule has 0 aromatic rings. The topological polar surface area (TPSA) is 116 Å². The Balaban J connectivity index is 1.00. The summed E-state index contributed by atoms with van der Waals surface area (Å²) in [5.41, 5.74) is 10.4. The Morgan fingerprint density at radius 1 is 0.643 bits per heavy atom. The van der Waals surface area contributed by atoms with E-state index in [0.29, 0.717) is 12.8 Å². The van der Waals surface area contributed by atoms with Gasteiger partial charge in [-0.25, -0.2) is 0 Å². The van der Waals surface area contributed by atoms with Gasteiger partial charge in [-0.1, -0.05) is 12.8 Å². The van der Waals surface area contributed by atoms with Crippen LogP contribution in [0.1, 0.15) is 77.0 Å². The smallest absolute Gasteiger partial charge is 0.242 e. The lowest BCUT2D eigenvalue weighted by Crippen LogP contribution is -2.43. The van der Waals surface area contributed by atoms with Crippen molar-refractivity contribution in [1.29, 1.82) is 0 Å². The van der Waals surface area contributed by atoms with Gasteiger partial charge in [0.2, 0.25) is 23.6 Å². The van der Waals surface area contributed by atoms with Crippen LogP contribution >= 0.6 is 0 Å². The first-order valence-corrected chi connectivity index (χ1v) is 10.6. The van der Waals surface area contributed by atoms with Crippen LogP contribution in [-0.4, -0.2) is 23.6 Å². The van der Waals surface area contributed by atoms with E-state index in [9.17, 15) is 19.2 Å². The summed E-state index contributed by atoms with van der Waals surface area (Å²) in [6, 6.07) is 0. The van der Waals surface area contributed by atoms with Crippen molar-refractivity contribution >= 4 is 23.6 Å². The van der Waals surface area contributed by atoms with Gasteiger partial charge in [0.1, 0.15) is 0 Å². The van der Waals surface area contributed by atoms with Crippen LogP contribution in [0.15, 0.2) is 0 Å². The molecule has 8 nitrogen and oxygen atoms in total. The Bertz CT molecular complexity index is 626. The van der Waals surface area contributed by atoms with Crippen molar-refractivity contribution in [3.8, 4) is 0 Å². The van der Waals surface area contributed by atoms with Crippen LogP contribution < -0.4 is 21.7 Å². The summed E-state index contributed by atoms with van der Waals surface area (Å²) in [5.74, 6) is -0.523. The van der Waals surface area contributed by atoms with Crippen molar-refractivity contribution in [3.05, 3.63) is 0 Å². The fraction of sp³-hybridized carbons (Fsp3) is 0.800. The maximum absolute atomic E-state index is 12.0. The van der Waals surface area contributed by atoms with Gasteiger partial charge in [0.25, 0.3) is 0 Å². The molecule has 4 amide bonds. The van der Waals surface area contributed by atoms with Crippen LogP contribution in [0, 0.1) is 22.7 Å². The first kappa shape index (κ1) is 19.2. The number of amides is 4. The van der Waals surface area contributed by atoms with Gasteiger partial charge in [-0.05, 0) is 62.2 Å². The Morgan fingerprint density at radius 2 is 1.04 bits per heavy atom. The van der Waals surface area contributed by atoms with Crippen molar-refractivity contribution in [3.63, 3.8) is 0 Å². The third kappa shape index (κ3) is 3.86. The Labute approximate surface area is 164 Å². The molecule has 28 heavy (non-hydrogen) atoms. The van der Waals surface area contributed by atoms with Crippen LogP contribution in [0.25, 0.3) is 0 Å². The van der Waals surface area contributed by atoms with Crippen LogP contribution in [0.5, 0.6) is 0 Å². The number of hydrogen-bond donors (Lipinski definition) is 4. The Kier molecular flexibility index (Phi) is 5.05. The third-order valence-corrected chi connectivity index (χ3v) is 7.42. The highest BCUT2D eigenvalue weighted by molar-refractivity contribution is 5.86. The second-order valence-electron chi connectivity index (χ2n) is 9.23. The molecule has 0 radical (unpaired) electrons. The highest BCUT2D eigenvalue weighted by atomic mass is 16.2. The van der Waals surface area contributed by atoms with Gasteiger partial charge in [0.15, 0.2) is 0 Å². The number of nitrogens with one attached hydrogen (secondary N) is 4. The number of hydrazine groups is 2. The summed E-state index contributed by atoms with van der Waals surface area (Å²) in [6.45, 7) is 0. The maximum atomic E-state index is 12.0. The molecular weight excluding hydrogens is 360 g/mol. The highest BCUT2D eigenvalue weighted by Gasteiger charge is 2.61. The monoisotopic (exact) mass is 390 g/mol. The zero-order valence-corrected chi connectivity index (χ0v) is 16.3. The van der Waals surface area contributed by atoms with Crippen molar-refractivity contribution in [2.75, 3.05) is 0 Å². The van der Waals surface area contributed by atoms with Gasteiger partial charge < -0.3 is 0 Å². The van der Waals surface area contributed by atoms with Gasteiger partial charge >= 0.3 is 0 Å². The fourth-order valence-electron chi connectivity index (χ4n) is 4.94. The molecule has 2 atom stereocenters. The standard InChI is InChI=1S/C20H30N4O4/c25-15(21-23-17(27)13-11-19(13)7-3-8-19)5-1-2-6-16(26)22-24-18(28)14-12-20(14)9-4-10-20/h13-14H,1-12H2,(H,21,25)(H,22,26)(H,23,27)(H,24,28)/t13-,14+. The molecule has 4 N–H and O–H groups in total. The molecule has 0 heterocycles. The van der Waals surface area contributed by atoms with E-state index >= 15 is 0 Å². The van der Waals surface area contributed by atoms with Gasteiger partial charge in [-0.3, -0.25) is 40.9 Å². The van der Waals surface area contributed by atoms with Crippen LogP contribution in [0.2, 0.25) is 0 Å².